The molecule has 0 saturated heterocycles. The van der Waals surface area contributed by atoms with E-state index in [1.165, 1.54) is 0 Å². The van der Waals surface area contributed by atoms with Crippen molar-refractivity contribution in [3.63, 3.8) is 0 Å². The number of nitrogens with zero attached hydrogens (tertiary/aromatic N) is 2. The number of benzene rings is 1. The Morgan fingerprint density at radius 3 is 2.82 bits per heavy atom. The fourth-order valence-electron chi connectivity index (χ4n) is 2.61. The monoisotopic (exact) mass is 339 g/mol. The van der Waals surface area contributed by atoms with E-state index in [9.17, 15) is 9.90 Å². The fourth-order valence-corrected chi connectivity index (χ4v) is 3.16. The molecule has 116 valence electrons. The lowest BCUT2D eigenvalue weighted by Gasteiger charge is -2.27. The Morgan fingerprint density at radius 2 is 2.09 bits per heavy atom. The third-order valence-electron chi connectivity index (χ3n) is 3.79. The molecule has 0 aliphatic carbocycles. The molecule has 2 aromatic rings. The third kappa shape index (κ3) is 3.27. The summed E-state index contributed by atoms with van der Waals surface area (Å²) in [5.74, 6) is -0.101. The molecule has 3 rings (SSSR count). The number of aliphatic hydroxyl groups excluding tert-OH is 1. The number of aliphatic hydroxyl groups is 1. The predicted molar refractivity (Wildman–Crippen MR) is 83.7 cm³/mol. The molecule has 2 heterocycles. The standard InChI is InChI=1S/C15H15Cl2N3O2/c16-11-3-9(4-12(17)5-11)14(21)6-15(22)20-2-1-13-10(8-20)7-18-19-13/h3-5,7,14,21H,1-2,6,8H2,(H,18,19). The van der Waals surface area contributed by atoms with Crippen LogP contribution >= 0.6 is 23.2 Å². The van der Waals surface area contributed by atoms with Crippen LogP contribution in [0.15, 0.2) is 24.4 Å². The number of amides is 1. The van der Waals surface area contributed by atoms with E-state index in [4.69, 9.17) is 23.2 Å². The average molecular weight is 340 g/mol. The van der Waals surface area contributed by atoms with Gasteiger partial charge < -0.3 is 10.0 Å². The van der Waals surface area contributed by atoms with Gasteiger partial charge in [-0.1, -0.05) is 23.2 Å². The minimum absolute atomic E-state index is 0.00383. The lowest BCUT2D eigenvalue weighted by atomic mass is 10.0. The Kier molecular flexibility index (Phi) is 4.38. The number of hydrogen-bond acceptors (Lipinski definition) is 3. The molecule has 1 aromatic carbocycles. The highest BCUT2D eigenvalue weighted by molar-refractivity contribution is 6.34. The molecule has 22 heavy (non-hydrogen) atoms. The quantitative estimate of drug-likeness (QED) is 0.903. The first-order valence-electron chi connectivity index (χ1n) is 6.96. The zero-order valence-corrected chi connectivity index (χ0v) is 13.2. The molecule has 1 aliphatic rings. The van der Waals surface area contributed by atoms with Crippen molar-refractivity contribution in [2.75, 3.05) is 6.54 Å². The molecule has 1 unspecified atom stereocenters. The molecule has 0 bridgehead atoms. The maximum atomic E-state index is 12.4. The molecule has 1 amide bonds. The van der Waals surface area contributed by atoms with Gasteiger partial charge in [0, 0.05) is 40.8 Å². The van der Waals surface area contributed by atoms with Crippen LogP contribution in [0.4, 0.5) is 0 Å². The van der Waals surface area contributed by atoms with Crippen molar-refractivity contribution in [3.8, 4) is 0 Å². The van der Waals surface area contributed by atoms with E-state index in [1.54, 1.807) is 29.3 Å². The molecule has 2 N–H and O–H groups in total. The smallest absolute Gasteiger partial charge is 0.225 e. The van der Waals surface area contributed by atoms with Crippen molar-refractivity contribution in [3.05, 3.63) is 51.3 Å². The second kappa shape index (κ2) is 6.28. The number of rotatable bonds is 3. The van der Waals surface area contributed by atoms with Crippen molar-refractivity contribution < 1.29 is 9.90 Å². The molecular formula is C15H15Cl2N3O2. The van der Waals surface area contributed by atoms with E-state index in [2.05, 4.69) is 10.2 Å². The first-order chi connectivity index (χ1) is 10.5. The van der Waals surface area contributed by atoms with Crippen LogP contribution < -0.4 is 0 Å². The first kappa shape index (κ1) is 15.3. The van der Waals surface area contributed by atoms with Crippen molar-refractivity contribution in [2.24, 2.45) is 0 Å². The summed E-state index contributed by atoms with van der Waals surface area (Å²) in [5.41, 5.74) is 2.65. The van der Waals surface area contributed by atoms with Crippen LogP contribution in [-0.2, 0) is 17.8 Å². The number of H-pyrrole nitrogens is 1. The van der Waals surface area contributed by atoms with Crippen molar-refractivity contribution in [2.45, 2.75) is 25.5 Å². The summed E-state index contributed by atoms with van der Waals surface area (Å²) in [6.07, 6.45) is 1.57. The fraction of sp³-hybridized carbons (Fsp3) is 0.333. The van der Waals surface area contributed by atoms with Crippen LogP contribution in [0.3, 0.4) is 0 Å². The van der Waals surface area contributed by atoms with E-state index in [1.807, 2.05) is 0 Å². The Hall–Kier alpha value is -1.56. The highest BCUT2D eigenvalue weighted by Gasteiger charge is 2.24. The molecule has 1 aromatic heterocycles. The number of aromatic amines is 1. The third-order valence-corrected chi connectivity index (χ3v) is 4.23. The Balaban J connectivity index is 1.66. The van der Waals surface area contributed by atoms with Gasteiger partial charge in [0.25, 0.3) is 0 Å². The van der Waals surface area contributed by atoms with Crippen LogP contribution in [0, 0.1) is 0 Å². The van der Waals surface area contributed by atoms with Gasteiger partial charge in [0.15, 0.2) is 0 Å². The summed E-state index contributed by atoms with van der Waals surface area (Å²) in [6, 6.07) is 4.83. The van der Waals surface area contributed by atoms with Crippen LogP contribution in [0.25, 0.3) is 0 Å². The molecule has 0 radical (unpaired) electrons. The van der Waals surface area contributed by atoms with Gasteiger partial charge in [0.2, 0.25) is 5.91 Å². The van der Waals surface area contributed by atoms with E-state index in [-0.39, 0.29) is 12.3 Å². The van der Waals surface area contributed by atoms with Gasteiger partial charge >= 0.3 is 0 Å². The first-order valence-corrected chi connectivity index (χ1v) is 7.71. The number of aromatic nitrogens is 2. The zero-order valence-electron chi connectivity index (χ0n) is 11.7. The summed E-state index contributed by atoms with van der Waals surface area (Å²) >= 11 is 11.8. The number of hydrogen-bond donors (Lipinski definition) is 2. The van der Waals surface area contributed by atoms with E-state index >= 15 is 0 Å². The van der Waals surface area contributed by atoms with E-state index in [0.717, 1.165) is 17.7 Å². The molecular weight excluding hydrogens is 325 g/mol. The summed E-state index contributed by atoms with van der Waals surface area (Å²) in [7, 11) is 0. The van der Waals surface area contributed by atoms with Crippen LogP contribution in [0.5, 0.6) is 0 Å². The van der Waals surface area contributed by atoms with Gasteiger partial charge in [-0.25, -0.2) is 0 Å². The van der Waals surface area contributed by atoms with E-state index in [0.29, 0.717) is 28.7 Å². The summed E-state index contributed by atoms with van der Waals surface area (Å²) in [5, 5.41) is 18.0. The van der Waals surface area contributed by atoms with Crippen molar-refractivity contribution in [1.82, 2.24) is 15.1 Å². The van der Waals surface area contributed by atoms with Crippen molar-refractivity contribution >= 4 is 29.1 Å². The van der Waals surface area contributed by atoms with Gasteiger partial charge in [-0.3, -0.25) is 9.89 Å². The SMILES string of the molecule is O=C(CC(O)c1cc(Cl)cc(Cl)c1)N1CCc2[nH]ncc2C1. The number of nitrogens with one attached hydrogen (secondary N) is 1. The van der Waals surface area contributed by atoms with E-state index < -0.39 is 6.10 Å². The van der Waals surface area contributed by atoms with Gasteiger partial charge in [-0.05, 0) is 23.8 Å². The average Bonchev–Trinajstić information content (AvgIpc) is 2.93. The molecule has 5 nitrogen and oxygen atoms in total. The minimum Gasteiger partial charge on any atom is -0.388 e. The van der Waals surface area contributed by atoms with Crippen molar-refractivity contribution in [1.29, 1.82) is 0 Å². The summed E-state index contributed by atoms with van der Waals surface area (Å²) < 4.78 is 0. The number of carbonyl (C=O) groups is 1. The molecule has 0 fully saturated rings. The van der Waals surface area contributed by atoms with Gasteiger partial charge in [-0.15, -0.1) is 0 Å². The number of fused-ring (bicyclic) bond motifs is 1. The second-order valence-corrected chi connectivity index (χ2v) is 6.23. The number of carbonyl (C=O) groups excluding carboxylic acids is 1. The molecule has 1 aliphatic heterocycles. The zero-order chi connectivity index (χ0) is 15.7. The van der Waals surface area contributed by atoms with Crippen LogP contribution in [0.2, 0.25) is 10.0 Å². The summed E-state index contributed by atoms with van der Waals surface area (Å²) in [6.45, 7) is 1.14. The maximum absolute atomic E-state index is 12.4. The normalized spacial score (nSPS) is 15.5. The minimum atomic E-state index is -0.922. The lowest BCUT2D eigenvalue weighted by Crippen LogP contribution is -2.36. The molecule has 1 atom stereocenters. The largest absolute Gasteiger partial charge is 0.388 e. The highest BCUT2D eigenvalue weighted by atomic mass is 35.5. The highest BCUT2D eigenvalue weighted by Crippen LogP contribution is 2.26. The lowest BCUT2D eigenvalue weighted by molar-refractivity contribution is -0.134. The van der Waals surface area contributed by atoms with Gasteiger partial charge in [-0.2, -0.15) is 5.10 Å². The molecule has 0 spiro atoms. The Bertz CT molecular complexity index is 682. The van der Waals surface area contributed by atoms with Gasteiger partial charge in [0.1, 0.15) is 0 Å². The van der Waals surface area contributed by atoms with Crippen LogP contribution in [0.1, 0.15) is 29.3 Å². The van der Waals surface area contributed by atoms with Crippen LogP contribution in [-0.4, -0.2) is 32.7 Å². The second-order valence-electron chi connectivity index (χ2n) is 5.36. The topological polar surface area (TPSA) is 69.2 Å². The predicted octanol–water partition coefficient (Wildman–Crippen LogP) is 2.72. The Labute approximate surface area is 137 Å². The molecule has 0 saturated carbocycles. The maximum Gasteiger partial charge on any atom is 0.225 e. The van der Waals surface area contributed by atoms with Gasteiger partial charge in [0.05, 0.1) is 18.7 Å². The number of halogens is 2. The molecule has 7 heteroatoms. The Morgan fingerprint density at radius 1 is 1.36 bits per heavy atom. The summed E-state index contributed by atoms with van der Waals surface area (Å²) in [4.78, 5) is 14.1.